The van der Waals surface area contributed by atoms with E-state index in [4.69, 9.17) is 4.74 Å². The summed E-state index contributed by atoms with van der Waals surface area (Å²) in [5, 5.41) is 0. The summed E-state index contributed by atoms with van der Waals surface area (Å²) in [6, 6.07) is 4.29. The van der Waals surface area contributed by atoms with Crippen molar-refractivity contribution < 1.29 is 13.9 Å². The van der Waals surface area contributed by atoms with Gasteiger partial charge in [0.2, 0.25) is 0 Å². The molecule has 1 heterocycles. The van der Waals surface area contributed by atoms with Crippen LogP contribution >= 0.6 is 0 Å². The van der Waals surface area contributed by atoms with Gasteiger partial charge in [-0.05, 0) is 25.1 Å². The highest BCUT2D eigenvalue weighted by molar-refractivity contribution is 5.84. The predicted molar refractivity (Wildman–Crippen MR) is 59.4 cm³/mol. The molecule has 3 nitrogen and oxygen atoms in total. The summed E-state index contributed by atoms with van der Waals surface area (Å²) >= 11 is 0. The predicted octanol–water partition coefficient (Wildman–Crippen LogP) is 1.86. The molecule has 0 aromatic heterocycles. The summed E-state index contributed by atoms with van der Waals surface area (Å²) in [5.41, 5.74) is 1.18. The van der Waals surface area contributed by atoms with Gasteiger partial charge in [0.15, 0.2) is 6.29 Å². The molecule has 1 fully saturated rings. The van der Waals surface area contributed by atoms with Crippen molar-refractivity contribution in [1.82, 2.24) is 0 Å². The van der Waals surface area contributed by atoms with Crippen molar-refractivity contribution in [2.45, 2.75) is 13.0 Å². The quantitative estimate of drug-likeness (QED) is 0.717. The van der Waals surface area contributed by atoms with E-state index >= 15 is 0 Å². The zero-order valence-corrected chi connectivity index (χ0v) is 9.15. The lowest BCUT2D eigenvalue weighted by Gasteiger charge is -2.33. The van der Waals surface area contributed by atoms with E-state index in [1.807, 2.05) is 6.92 Å². The molecule has 1 aliphatic heterocycles. The summed E-state index contributed by atoms with van der Waals surface area (Å²) in [4.78, 5) is 12.9. The molecule has 2 rings (SSSR count). The Hall–Kier alpha value is -1.42. The van der Waals surface area contributed by atoms with E-state index in [9.17, 15) is 9.18 Å². The first-order chi connectivity index (χ1) is 7.70. The zero-order valence-electron chi connectivity index (χ0n) is 9.15. The second kappa shape index (κ2) is 4.61. The normalized spacial score (nSPS) is 20.9. The highest BCUT2D eigenvalue weighted by atomic mass is 19.1. The Morgan fingerprint density at radius 2 is 2.38 bits per heavy atom. The lowest BCUT2D eigenvalue weighted by Crippen LogP contribution is -2.41. The number of ether oxygens (including phenoxy) is 1. The number of anilines is 1. The molecule has 1 unspecified atom stereocenters. The van der Waals surface area contributed by atoms with Crippen LogP contribution in [-0.4, -0.2) is 32.1 Å². The number of benzene rings is 1. The molecule has 0 saturated carbocycles. The molecular weight excluding hydrogens is 209 g/mol. The number of halogens is 1. The molecule has 0 amide bonds. The minimum Gasteiger partial charge on any atom is -0.375 e. The van der Waals surface area contributed by atoms with E-state index in [1.165, 1.54) is 12.1 Å². The van der Waals surface area contributed by atoms with Gasteiger partial charge in [-0.15, -0.1) is 0 Å². The number of morpholine rings is 1. The topological polar surface area (TPSA) is 29.5 Å². The zero-order chi connectivity index (χ0) is 11.5. The van der Waals surface area contributed by atoms with Crippen LogP contribution < -0.4 is 4.90 Å². The molecule has 0 aliphatic carbocycles. The van der Waals surface area contributed by atoms with Gasteiger partial charge >= 0.3 is 0 Å². The summed E-state index contributed by atoms with van der Waals surface area (Å²) in [5.74, 6) is -0.382. The smallest absolute Gasteiger partial charge is 0.152 e. The van der Waals surface area contributed by atoms with Gasteiger partial charge in [-0.1, -0.05) is 0 Å². The molecule has 1 aliphatic rings. The number of carbonyl (C=O) groups is 1. The summed E-state index contributed by atoms with van der Waals surface area (Å²) in [6.45, 7) is 4.08. The Kier molecular flexibility index (Phi) is 3.19. The fourth-order valence-corrected chi connectivity index (χ4v) is 1.94. The number of hydrogen-bond donors (Lipinski definition) is 0. The van der Waals surface area contributed by atoms with Crippen LogP contribution in [-0.2, 0) is 4.74 Å². The molecule has 16 heavy (non-hydrogen) atoms. The van der Waals surface area contributed by atoms with Crippen molar-refractivity contribution in [2.75, 3.05) is 24.6 Å². The largest absolute Gasteiger partial charge is 0.375 e. The molecule has 1 saturated heterocycles. The van der Waals surface area contributed by atoms with E-state index < -0.39 is 0 Å². The summed E-state index contributed by atoms with van der Waals surface area (Å²) in [6.07, 6.45) is 0.830. The number of hydrogen-bond acceptors (Lipinski definition) is 3. The molecule has 0 N–H and O–H groups in total. The first kappa shape index (κ1) is 11.1. The van der Waals surface area contributed by atoms with Crippen LogP contribution in [0, 0.1) is 5.82 Å². The van der Waals surface area contributed by atoms with Gasteiger partial charge in [0, 0.05) is 24.3 Å². The first-order valence-corrected chi connectivity index (χ1v) is 5.32. The van der Waals surface area contributed by atoms with Crippen molar-refractivity contribution in [1.29, 1.82) is 0 Å². The van der Waals surface area contributed by atoms with Gasteiger partial charge in [-0.2, -0.15) is 0 Å². The van der Waals surface area contributed by atoms with Gasteiger partial charge in [-0.3, -0.25) is 4.79 Å². The number of carbonyl (C=O) groups excluding carboxylic acids is 1. The van der Waals surface area contributed by atoms with E-state index in [0.717, 1.165) is 18.8 Å². The first-order valence-electron chi connectivity index (χ1n) is 5.32. The van der Waals surface area contributed by atoms with Gasteiger partial charge in [0.05, 0.1) is 12.7 Å². The van der Waals surface area contributed by atoms with Crippen LogP contribution in [0.5, 0.6) is 0 Å². The van der Waals surface area contributed by atoms with E-state index in [1.54, 1.807) is 6.07 Å². The summed E-state index contributed by atoms with van der Waals surface area (Å²) in [7, 11) is 0. The molecule has 1 atom stereocenters. The minimum absolute atomic E-state index is 0.137. The van der Waals surface area contributed by atoms with Gasteiger partial charge in [-0.25, -0.2) is 4.39 Å². The molecule has 1 aromatic carbocycles. The SMILES string of the molecule is CC1CN(c2ccc(F)cc2C=O)CCO1. The fourth-order valence-electron chi connectivity index (χ4n) is 1.94. The molecule has 4 heteroatoms. The number of nitrogens with zero attached hydrogens (tertiary/aromatic N) is 1. The van der Waals surface area contributed by atoms with Crippen LogP contribution in [0.1, 0.15) is 17.3 Å². The molecule has 0 bridgehead atoms. The molecular formula is C12H14FNO2. The standard InChI is InChI=1S/C12H14FNO2/c1-9-7-14(4-5-16-9)12-3-2-11(13)6-10(12)8-15/h2-3,6,8-9H,4-5,7H2,1H3. The Morgan fingerprint density at radius 3 is 3.06 bits per heavy atom. The second-order valence-electron chi connectivity index (χ2n) is 3.95. The Morgan fingerprint density at radius 1 is 1.56 bits per heavy atom. The Balaban J connectivity index is 2.28. The lowest BCUT2D eigenvalue weighted by atomic mass is 10.1. The average molecular weight is 223 g/mol. The van der Waals surface area contributed by atoms with Crippen molar-refractivity contribution in [3.05, 3.63) is 29.6 Å². The van der Waals surface area contributed by atoms with Crippen LogP contribution in [0.4, 0.5) is 10.1 Å². The van der Waals surface area contributed by atoms with E-state index in [-0.39, 0.29) is 11.9 Å². The number of rotatable bonds is 2. The molecule has 0 spiro atoms. The average Bonchev–Trinajstić information content (AvgIpc) is 2.28. The highest BCUT2D eigenvalue weighted by Crippen LogP contribution is 2.22. The van der Waals surface area contributed by atoms with E-state index in [0.29, 0.717) is 18.5 Å². The molecule has 86 valence electrons. The summed E-state index contributed by atoms with van der Waals surface area (Å²) < 4.78 is 18.4. The van der Waals surface area contributed by atoms with Crippen LogP contribution in [0.15, 0.2) is 18.2 Å². The third-order valence-corrected chi connectivity index (χ3v) is 2.70. The van der Waals surface area contributed by atoms with Gasteiger partial charge < -0.3 is 9.64 Å². The molecule has 0 radical (unpaired) electrons. The van der Waals surface area contributed by atoms with Crippen LogP contribution in [0.3, 0.4) is 0 Å². The maximum Gasteiger partial charge on any atom is 0.152 e. The van der Waals surface area contributed by atoms with Crippen molar-refractivity contribution in [2.24, 2.45) is 0 Å². The van der Waals surface area contributed by atoms with E-state index in [2.05, 4.69) is 4.90 Å². The van der Waals surface area contributed by atoms with Gasteiger partial charge in [0.25, 0.3) is 0 Å². The maximum absolute atomic E-state index is 13.0. The Bertz CT molecular complexity index is 395. The number of aldehydes is 1. The third-order valence-electron chi connectivity index (χ3n) is 2.70. The monoisotopic (exact) mass is 223 g/mol. The maximum atomic E-state index is 13.0. The molecule has 1 aromatic rings. The Labute approximate surface area is 93.8 Å². The van der Waals surface area contributed by atoms with Gasteiger partial charge in [0.1, 0.15) is 5.82 Å². The van der Waals surface area contributed by atoms with Crippen molar-refractivity contribution >= 4 is 12.0 Å². The van der Waals surface area contributed by atoms with Crippen molar-refractivity contribution in [3.8, 4) is 0 Å². The lowest BCUT2D eigenvalue weighted by molar-refractivity contribution is 0.0531. The second-order valence-corrected chi connectivity index (χ2v) is 3.95. The van der Waals surface area contributed by atoms with Crippen molar-refractivity contribution in [3.63, 3.8) is 0 Å². The van der Waals surface area contributed by atoms with Crippen LogP contribution in [0.2, 0.25) is 0 Å². The van der Waals surface area contributed by atoms with Crippen LogP contribution in [0.25, 0.3) is 0 Å². The highest BCUT2D eigenvalue weighted by Gasteiger charge is 2.19. The minimum atomic E-state index is -0.382. The third kappa shape index (κ3) is 2.22. The fraction of sp³-hybridized carbons (Fsp3) is 0.417.